The van der Waals surface area contributed by atoms with Gasteiger partial charge in [-0.25, -0.2) is 9.50 Å². The Hall–Kier alpha value is -2.29. The number of nitrogens with zero attached hydrogens (tertiary/aromatic N) is 5. The number of halogens is 2. The molecule has 2 aromatic heterocycles. The summed E-state index contributed by atoms with van der Waals surface area (Å²) in [4.78, 5) is 16.5. The normalized spacial score (nSPS) is 21.3. The highest BCUT2D eigenvalue weighted by atomic mass is 19.4. The summed E-state index contributed by atoms with van der Waals surface area (Å²) in [5.41, 5.74) is 6.08. The standard InChI is InChI=1S/C12H14F2N6O/c1-3-7-9(15)11-16-4-8-10(19(11)17-7)12(2,20(13)14)5-18(8)6-21/h4,6H,3,5,15H2,1-2H3/t12-/m0/s1. The van der Waals surface area contributed by atoms with Gasteiger partial charge in [-0.15, -0.1) is 8.96 Å². The minimum atomic E-state index is -1.67. The fourth-order valence-electron chi connectivity index (χ4n) is 2.73. The molecule has 3 heterocycles. The summed E-state index contributed by atoms with van der Waals surface area (Å²) < 4.78 is 28.2. The van der Waals surface area contributed by atoms with E-state index in [0.29, 0.717) is 35.5 Å². The summed E-state index contributed by atoms with van der Waals surface area (Å²) >= 11 is 0. The number of carbonyl (C=O) groups excluding carboxylic acids is 1. The minimum absolute atomic E-state index is 0.180. The second-order valence-corrected chi connectivity index (χ2v) is 5.18. The van der Waals surface area contributed by atoms with E-state index in [9.17, 15) is 13.8 Å². The van der Waals surface area contributed by atoms with Gasteiger partial charge in [0, 0.05) is 5.34 Å². The molecule has 0 unspecified atom stereocenters. The zero-order chi connectivity index (χ0) is 15.4. The van der Waals surface area contributed by atoms with Crippen LogP contribution in [-0.2, 0) is 16.8 Å². The molecule has 112 valence electrons. The van der Waals surface area contributed by atoms with Crippen molar-refractivity contribution in [1.82, 2.24) is 19.9 Å². The van der Waals surface area contributed by atoms with E-state index in [4.69, 9.17) is 5.73 Å². The molecule has 0 spiro atoms. The van der Waals surface area contributed by atoms with Crippen LogP contribution < -0.4 is 10.6 Å². The molecule has 3 rings (SSSR count). The van der Waals surface area contributed by atoms with E-state index in [1.807, 2.05) is 6.92 Å². The lowest BCUT2D eigenvalue weighted by atomic mass is 10.0. The van der Waals surface area contributed by atoms with Crippen molar-refractivity contribution >= 4 is 23.4 Å². The first-order chi connectivity index (χ1) is 9.93. The van der Waals surface area contributed by atoms with Crippen LogP contribution in [0.5, 0.6) is 0 Å². The third-order valence-electron chi connectivity index (χ3n) is 3.87. The molecule has 0 saturated heterocycles. The summed E-state index contributed by atoms with van der Waals surface area (Å²) in [7, 11) is 0. The van der Waals surface area contributed by atoms with Crippen LogP contribution in [0.3, 0.4) is 0 Å². The topological polar surface area (TPSA) is 79.8 Å². The smallest absolute Gasteiger partial charge is 0.214 e. The van der Waals surface area contributed by atoms with Crippen LogP contribution in [0.4, 0.5) is 20.3 Å². The predicted molar refractivity (Wildman–Crippen MR) is 71.6 cm³/mol. The van der Waals surface area contributed by atoms with Gasteiger partial charge in [0.2, 0.25) is 6.41 Å². The van der Waals surface area contributed by atoms with E-state index >= 15 is 0 Å². The second kappa shape index (κ2) is 4.35. The number of fused-ring (bicyclic) bond motifs is 3. The Morgan fingerprint density at radius 3 is 2.86 bits per heavy atom. The quantitative estimate of drug-likeness (QED) is 0.678. The van der Waals surface area contributed by atoms with Crippen LogP contribution >= 0.6 is 0 Å². The fourth-order valence-corrected chi connectivity index (χ4v) is 2.73. The van der Waals surface area contributed by atoms with Gasteiger partial charge in [-0.3, -0.25) is 4.79 Å². The zero-order valence-corrected chi connectivity index (χ0v) is 11.5. The molecule has 2 aromatic rings. The van der Waals surface area contributed by atoms with E-state index < -0.39 is 10.9 Å². The Balaban J connectivity index is 2.38. The average Bonchev–Trinajstić information content (AvgIpc) is 2.95. The van der Waals surface area contributed by atoms with Gasteiger partial charge in [-0.2, -0.15) is 5.10 Å². The first-order valence-corrected chi connectivity index (χ1v) is 6.44. The third kappa shape index (κ3) is 1.63. The van der Waals surface area contributed by atoms with Crippen LogP contribution in [-0.4, -0.2) is 32.9 Å². The highest BCUT2D eigenvalue weighted by Crippen LogP contribution is 2.43. The lowest BCUT2D eigenvalue weighted by Gasteiger charge is -2.24. The maximum Gasteiger partial charge on any atom is 0.214 e. The molecule has 1 aliphatic heterocycles. The van der Waals surface area contributed by atoms with Crippen molar-refractivity contribution in [2.75, 3.05) is 17.2 Å². The van der Waals surface area contributed by atoms with Crippen molar-refractivity contribution in [2.45, 2.75) is 25.8 Å². The van der Waals surface area contributed by atoms with E-state index in [1.54, 1.807) is 0 Å². The van der Waals surface area contributed by atoms with Gasteiger partial charge >= 0.3 is 0 Å². The van der Waals surface area contributed by atoms with Crippen molar-refractivity contribution in [3.63, 3.8) is 0 Å². The Kier molecular flexibility index (Phi) is 2.84. The number of anilines is 2. The number of rotatable bonds is 3. The van der Waals surface area contributed by atoms with Gasteiger partial charge < -0.3 is 10.6 Å². The molecule has 7 nitrogen and oxygen atoms in total. The van der Waals surface area contributed by atoms with Gasteiger partial charge in [-0.1, -0.05) is 6.92 Å². The maximum atomic E-state index is 13.4. The maximum absolute atomic E-state index is 13.4. The van der Waals surface area contributed by atoms with Crippen molar-refractivity contribution in [3.05, 3.63) is 17.6 Å². The Labute approximate surface area is 118 Å². The number of nitrogens with two attached hydrogens (primary N) is 1. The van der Waals surface area contributed by atoms with Crippen LogP contribution in [0, 0.1) is 0 Å². The van der Waals surface area contributed by atoms with E-state index in [2.05, 4.69) is 10.1 Å². The highest BCUT2D eigenvalue weighted by Gasteiger charge is 2.48. The Bertz CT molecular complexity index is 730. The first kappa shape index (κ1) is 13.7. The molecule has 0 aliphatic carbocycles. The first-order valence-electron chi connectivity index (χ1n) is 6.44. The molecule has 0 aromatic carbocycles. The second-order valence-electron chi connectivity index (χ2n) is 5.18. The molecule has 1 aliphatic rings. The van der Waals surface area contributed by atoms with Crippen LogP contribution in [0.15, 0.2) is 6.20 Å². The van der Waals surface area contributed by atoms with Crippen molar-refractivity contribution in [2.24, 2.45) is 0 Å². The van der Waals surface area contributed by atoms with Gasteiger partial charge in [0.1, 0.15) is 11.2 Å². The van der Waals surface area contributed by atoms with Gasteiger partial charge in [0.25, 0.3) is 0 Å². The monoisotopic (exact) mass is 296 g/mol. The lowest BCUT2D eigenvalue weighted by molar-refractivity contribution is -0.226. The lowest BCUT2D eigenvalue weighted by Crippen LogP contribution is -2.39. The van der Waals surface area contributed by atoms with Crippen LogP contribution in [0.1, 0.15) is 25.2 Å². The van der Waals surface area contributed by atoms with Crippen LogP contribution in [0.25, 0.3) is 5.65 Å². The Morgan fingerprint density at radius 1 is 1.57 bits per heavy atom. The van der Waals surface area contributed by atoms with Crippen LogP contribution in [0.2, 0.25) is 0 Å². The van der Waals surface area contributed by atoms with E-state index in [-0.39, 0.29) is 12.2 Å². The molecule has 1 atom stereocenters. The third-order valence-corrected chi connectivity index (χ3v) is 3.87. The predicted octanol–water partition coefficient (Wildman–Crippen LogP) is 1.14. The molecule has 0 bridgehead atoms. The molecule has 0 saturated carbocycles. The molecule has 0 radical (unpaired) electrons. The van der Waals surface area contributed by atoms with Gasteiger partial charge in [-0.05, 0) is 13.3 Å². The number of aryl methyl sites for hydroxylation is 1. The van der Waals surface area contributed by atoms with Crippen molar-refractivity contribution in [1.29, 1.82) is 0 Å². The molecule has 0 fully saturated rings. The van der Waals surface area contributed by atoms with E-state index in [1.165, 1.54) is 22.5 Å². The molecular formula is C12H14F2N6O. The zero-order valence-electron chi connectivity index (χ0n) is 11.5. The number of aromatic nitrogens is 3. The molecular weight excluding hydrogens is 282 g/mol. The van der Waals surface area contributed by atoms with Gasteiger partial charge in [0.05, 0.1) is 29.8 Å². The number of hydrogen-bond acceptors (Lipinski definition) is 5. The Morgan fingerprint density at radius 2 is 2.29 bits per heavy atom. The molecule has 2 N–H and O–H groups in total. The van der Waals surface area contributed by atoms with Gasteiger partial charge in [0.15, 0.2) is 5.65 Å². The minimum Gasteiger partial charge on any atom is -0.394 e. The largest absolute Gasteiger partial charge is 0.394 e. The molecule has 9 heteroatoms. The van der Waals surface area contributed by atoms with Crippen molar-refractivity contribution < 1.29 is 13.8 Å². The van der Waals surface area contributed by atoms with Crippen molar-refractivity contribution in [3.8, 4) is 0 Å². The molecule has 1 amide bonds. The summed E-state index contributed by atoms with van der Waals surface area (Å²) in [5, 5.41) is 3.37. The number of nitrogen functional groups attached to an aromatic ring is 1. The average molecular weight is 296 g/mol. The number of amides is 1. The SMILES string of the molecule is CCc1nn2c3c(cnc2c1N)N(C=O)C[C@]3(C)N(F)F. The summed E-state index contributed by atoms with van der Waals surface area (Å²) in [5.74, 6) is 0. The summed E-state index contributed by atoms with van der Waals surface area (Å²) in [6.45, 7) is 3.03. The number of hydrogen-bond donors (Lipinski definition) is 1. The summed E-state index contributed by atoms with van der Waals surface area (Å²) in [6.07, 6.45) is 2.45. The molecule has 21 heavy (non-hydrogen) atoms. The van der Waals surface area contributed by atoms with E-state index in [0.717, 1.165) is 0 Å². The number of carbonyl (C=O) groups is 1. The summed E-state index contributed by atoms with van der Waals surface area (Å²) in [6, 6.07) is 0. The fraction of sp³-hybridized carbons (Fsp3) is 0.417. The highest BCUT2D eigenvalue weighted by molar-refractivity contribution is 5.82.